The van der Waals surface area contributed by atoms with E-state index in [9.17, 15) is 29.1 Å². The molecule has 2 aliphatic rings. The van der Waals surface area contributed by atoms with Crippen LogP contribution in [0, 0.1) is 0 Å². The molecule has 12 nitrogen and oxygen atoms in total. The molecule has 2 fully saturated rings. The number of carbonyl (C=O) groups excluding carboxylic acids is 3. The van der Waals surface area contributed by atoms with Gasteiger partial charge in [0, 0.05) is 36.5 Å². The summed E-state index contributed by atoms with van der Waals surface area (Å²) < 4.78 is 0. The number of aliphatic carboxylic acids is 2. The molecule has 3 amide bonds. The molecule has 4 unspecified atom stereocenters. The highest BCUT2D eigenvalue weighted by molar-refractivity contribution is 5.95. The second-order valence-electron chi connectivity index (χ2n) is 9.80. The van der Waals surface area contributed by atoms with Gasteiger partial charge in [-0.1, -0.05) is 18.2 Å². The van der Waals surface area contributed by atoms with Crippen LogP contribution in [-0.2, 0) is 30.4 Å². The predicted octanol–water partition coefficient (Wildman–Crippen LogP) is 0.372. The fourth-order valence-corrected chi connectivity index (χ4v) is 5.20. The first kappa shape index (κ1) is 27.1. The third-order valence-corrected chi connectivity index (χ3v) is 7.19. The van der Waals surface area contributed by atoms with E-state index in [1.165, 1.54) is 4.90 Å². The Morgan fingerprint density at radius 1 is 1.03 bits per heavy atom. The summed E-state index contributed by atoms with van der Waals surface area (Å²) in [7, 11) is 0. The largest absolute Gasteiger partial charge is 0.481 e. The number of hydrogen-bond acceptors (Lipinski definition) is 6. The molecule has 204 valence electrons. The summed E-state index contributed by atoms with van der Waals surface area (Å²) in [5, 5.41) is 28.0. The predicted molar refractivity (Wildman–Crippen MR) is 136 cm³/mol. The van der Waals surface area contributed by atoms with Crippen molar-refractivity contribution in [1.29, 1.82) is 0 Å². The maximum atomic E-state index is 13.2. The number of rotatable bonds is 11. The van der Waals surface area contributed by atoms with Crippen LogP contribution in [-0.4, -0.2) is 87.0 Å². The Morgan fingerprint density at radius 3 is 2.53 bits per heavy atom. The van der Waals surface area contributed by atoms with Crippen molar-refractivity contribution in [2.45, 2.75) is 69.1 Å². The third kappa shape index (κ3) is 6.31. The van der Waals surface area contributed by atoms with Gasteiger partial charge in [0.25, 0.3) is 0 Å². The van der Waals surface area contributed by atoms with Gasteiger partial charge in [0.1, 0.15) is 18.1 Å². The maximum Gasteiger partial charge on any atom is 0.326 e. The number of aromatic nitrogens is 1. The van der Waals surface area contributed by atoms with Crippen molar-refractivity contribution in [3.8, 4) is 0 Å². The number of benzene rings is 1. The van der Waals surface area contributed by atoms with E-state index >= 15 is 0 Å². The molecule has 2 aromatic rings. The van der Waals surface area contributed by atoms with E-state index < -0.39 is 48.3 Å². The summed E-state index contributed by atoms with van der Waals surface area (Å²) in [5.74, 6) is -3.92. The van der Waals surface area contributed by atoms with E-state index in [4.69, 9.17) is 5.11 Å². The van der Waals surface area contributed by atoms with Crippen molar-refractivity contribution in [1.82, 2.24) is 25.8 Å². The van der Waals surface area contributed by atoms with E-state index in [1.54, 1.807) is 6.20 Å². The van der Waals surface area contributed by atoms with Gasteiger partial charge in [-0.15, -0.1) is 0 Å². The van der Waals surface area contributed by atoms with Crippen molar-refractivity contribution in [3.05, 3.63) is 36.0 Å². The van der Waals surface area contributed by atoms with Crippen LogP contribution in [0.25, 0.3) is 10.9 Å². The van der Waals surface area contributed by atoms with Crippen molar-refractivity contribution in [3.63, 3.8) is 0 Å². The van der Waals surface area contributed by atoms with Crippen LogP contribution >= 0.6 is 0 Å². The topological polar surface area (TPSA) is 181 Å². The van der Waals surface area contributed by atoms with E-state index in [1.807, 2.05) is 24.3 Å². The third-order valence-electron chi connectivity index (χ3n) is 7.19. The van der Waals surface area contributed by atoms with E-state index in [0.29, 0.717) is 31.4 Å². The van der Waals surface area contributed by atoms with E-state index in [2.05, 4.69) is 20.9 Å². The number of hydrogen-bond donors (Lipinski definition) is 6. The smallest absolute Gasteiger partial charge is 0.326 e. The lowest BCUT2D eigenvalue weighted by molar-refractivity contribution is -0.143. The zero-order chi connectivity index (χ0) is 27.2. The number of carboxylic acid groups (broad SMARTS) is 2. The van der Waals surface area contributed by atoms with E-state index in [-0.39, 0.29) is 24.8 Å². The molecule has 38 heavy (non-hydrogen) atoms. The number of nitrogens with one attached hydrogen (secondary N) is 4. The van der Waals surface area contributed by atoms with Crippen LogP contribution in [0.3, 0.4) is 0 Å². The number of fused-ring (bicyclic) bond motifs is 1. The molecule has 2 saturated heterocycles. The van der Waals surface area contributed by atoms with Crippen LogP contribution in [0.2, 0.25) is 0 Å². The van der Waals surface area contributed by atoms with E-state index in [0.717, 1.165) is 23.9 Å². The molecule has 6 N–H and O–H groups in total. The second-order valence-corrected chi connectivity index (χ2v) is 9.80. The average molecular weight is 528 g/mol. The molecule has 0 spiro atoms. The Labute approximate surface area is 219 Å². The molecular weight excluding hydrogens is 494 g/mol. The molecule has 3 heterocycles. The normalized spacial score (nSPS) is 20.7. The first-order valence-electron chi connectivity index (χ1n) is 12.9. The summed E-state index contributed by atoms with van der Waals surface area (Å²) in [5.41, 5.74) is 1.52. The molecule has 12 heteroatoms. The summed E-state index contributed by atoms with van der Waals surface area (Å²) >= 11 is 0. The number of amides is 3. The lowest BCUT2D eigenvalue weighted by Crippen LogP contribution is -2.56. The highest BCUT2D eigenvalue weighted by Gasteiger charge is 2.39. The van der Waals surface area contributed by atoms with Crippen molar-refractivity contribution in [2.75, 3.05) is 13.1 Å². The van der Waals surface area contributed by atoms with Crippen LogP contribution < -0.4 is 16.0 Å². The molecule has 2 aliphatic heterocycles. The fraction of sp³-hybridized carbons (Fsp3) is 0.500. The Bertz CT molecular complexity index is 1210. The van der Waals surface area contributed by atoms with Crippen LogP contribution in [0.1, 0.15) is 44.1 Å². The highest BCUT2D eigenvalue weighted by atomic mass is 16.4. The molecular formula is C26H33N5O7. The quantitative estimate of drug-likeness (QED) is 0.242. The van der Waals surface area contributed by atoms with Gasteiger partial charge in [-0.25, -0.2) is 4.79 Å². The number of para-hydroxylation sites is 1. The van der Waals surface area contributed by atoms with Gasteiger partial charge in [-0.3, -0.25) is 19.2 Å². The Balaban J connectivity index is 1.45. The Morgan fingerprint density at radius 2 is 1.82 bits per heavy atom. The average Bonchev–Trinajstić information content (AvgIpc) is 3.66. The minimum Gasteiger partial charge on any atom is -0.481 e. The summed E-state index contributed by atoms with van der Waals surface area (Å²) in [6, 6.07) is 3.68. The number of carboxylic acids is 2. The summed E-state index contributed by atoms with van der Waals surface area (Å²) in [6.45, 7) is 1.16. The van der Waals surface area contributed by atoms with Gasteiger partial charge in [0.05, 0.1) is 6.04 Å². The fourth-order valence-electron chi connectivity index (χ4n) is 5.20. The van der Waals surface area contributed by atoms with Gasteiger partial charge in [0.2, 0.25) is 17.7 Å². The van der Waals surface area contributed by atoms with Crippen molar-refractivity contribution >= 4 is 40.6 Å². The molecule has 1 aromatic heterocycles. The first-order valence-corrected chi connectivity index (χ1v) is 12.9. The van der Waals surface area contributed by atoms with Crippen LogP contribution in [0.15, 0.2) is 30.5 Å². The van der Waals surface area contributed by atoms with Gasteiger partial charge in [-0.2, -0.15) is 0 Å². The molecule has 0 radical (unpaired) electrons. The summed E-state index contributed by atoms with van der Waals surface area (Å²) in [6.07, 6.45) is 3.67. The van der Waals surface area contributed by atoms with Gasteiger partial charge in [0.15, 0.2) is 0 Å². The molecule has 0 saturated carbocycles. The zero-order valence-electron chi connectivity index (χ0n) is 20.9. The zero-order valence-corrected chi connectivity index (χ0v) is 20.9. The maximum absolute atomic E-state index is 13.2. The lowest BCUT2D eigenvalue weighted by Gasteiger charge is -2.28. The number of nitrogens with zero attached hydrogens (tertiary/aromatic N) is 1. The number of H-pyrrole nitrogens is 1. The Kier molecular flexibility index (Phi) is 8.62. The second kappa shape index (κ2) is 12.1. The molecule has 1 aromatic carbocycles. The standard InChI is InChI=1S/C26H33N5O7/c32-22(33)10-9-18(29-24(35)21-8-4-12-31(21)25(36)19-7-3-11-27-19)23(34)30-20(26(37)38)13-15-14-28-17-6-2-1-5-16(15)17/h1-2,5-6,14,18-21,27-28H,3-4,7-13H2,(H,29,35)(H,30,34)(H,32,33)(H,37,38). The van der Waals surface area contributed by atoms with Crippen LogP contribution in [0.4, 0.5) is 0 Å². The molecule has 0 bridgehead atoms. The monoisotopic (exact) mass is 527 g/mol. The molecule has 4 atom stereocenters. The SMILES string of the molecule is O=C(O)CCC(NC(=O)C1CCCN1C(=O)C1CCCN1)C(=O)NC(Cc1c[nH]c2ccccc12)C(=O)O. The van der Waals surface area contributed by atoms with Gasteiger partial charge >= 0.3 is 11.9 Å². The first-order chi connectivity index (χ1) is 18.2. The minimum atomic E-state index is -1.30. The summed E-state index contributed by atoms with van der Waals surface area (Å²) in [4.78, 5) is 67.1. The number of carbonyl (C=O) groups is 5. The van der Waals surface area contributed by atoms with Crippen molar-refractivity contribution < 1.29 is 34.2 Å². The minimum absolute atomic E-state index is 0.00994. The Hall–Kier alpha value is -3.93. The van der Waals surface area contributed by atoms with Crippen LogP contribution in [0.5, 0.6) is 0 Å². The van der Waals surface area contributed by atoms with Gasteiger partial charge in [-0.05, 0) is 50.3 Å². The van der Waals surface area contributed by atoms with Crippen molar-refractivity contribution in [2.24, 2.45) is 0 Å². The molecule has 0 aliphatic carbocycles. The highest BCUT2D eigenvalue weighted by Crippen LogP contribution is 2.22. The lowest BCUT2D eigenvalue weighted by atomic mass is 10.0. The van der Waals surface area contributed by atoms with Gasteiger partial charge < -0.3 is 36.0 Å². The molecule has 4 rings (SSSR count). The number of aromatic amines is 1. The number of likely N-dealkylation sites (tertiary alicyclic amines) is 1.